The highest BCUT2D eigenvalue weighted by Crippen LogP contribution is 2.08. The Hall–Kier alpha value is -1.43. The summed E-state index contributed by atoms with van der Waals surface area (Å²) >= 11 is 0. The van der Waals surface area contributed by atoms with Crippen LogP contribution in [0.25, 0.3) is 0 Å². The number of rotatable bonds is 4. The van der Waals surface area contributed by atoms with Crippen molar-refractivity contribution in [1.82, 2.24) is 25.4 Å². The number of hydrogen-bond donors (Lipinski definition) is 2. The van der Waals surface area contributed by atoms with Gasteiger partial charge < -0.3 is 10.6 Å². The van der Waals surface area contributed by atoms with Gasteiger partial charge in [-0.15, -0.1) is 0 Å². The molecule has 1 amide bonds. The van der Waals surface area contributed by atoms with Gasteiger partial charge in [-0.2, -0.15) is 5.10 Å². The number of carbonyl (C=O) groups excluding carboxylic acids is 1. The summed E-state index contributed by atoms with van der Waals surface area (Å²) < 4.78 is 1.67. The highest BCUT2D eigenvalue weighted by atomic mass is 16.2. The molecule has 1 aliphatic rings. The molecule has 0 saturated carbocycles. The Bertz CT molecular complexity index is 382. The lowest BCUT2D eigenvalue weighted by atomic mass is 10.1. The van der Waals surface area contributed by atoms with Crippen LogP contribution in [0.1, 0.15) is 31.5 Å². The average Bonchev–Trinajstić information content (AvgIpc) is 2.63. The highest BCUT2D eigenvalue weighted by molar-refractivity contribution is 5.81. The van der Waals surface area contributed by atoms with Crippen LogP contribution in [0.4, 0.5) is 0 Å². The molecule has 1 aliphatic heterocycles. The third-order valence-corrected chi connectivity index (χ3v) is 3.17. The second-order valence-corrected chi connectivity index (χ2v) is 4.73. The number of aryl methyl sites for hydroxylation is 1. The van der Waals surface area contributed by atoms with Crippen molar-refractivity contribution in [3.05, 3.63) is 12.2 Å². The maximum Gasteiger partial charge on any atom is 0.237 e. The monoisotopic (exact) mass is 251 g/mol. The van der Waals surface area contributed by atoms with Crippen molar-refractivity contribution in [3.8, 4) is 0 Å². The number of carbonyl (C=O) groups is 1. The molecule has 1 unspecified atom stereocenters. The summed E-state index contributed by atoms with van der Waals surface area (Å²) in [5.74, 6) is 0.874. The summed E-state index contributed by atoms with van der Waals surface area (Å²) in [6.07, 6.45) is 6.81. The molecule has 100 valence electrons. The minimum absolute atomic E-state index is 0.0239. The van der Waals surface area contributed by atoms with Gasteiger partial charge in [-0.1, -0.05) is 12.8 Å². The fraction of sp³-hybridized carbons (Fsp3) is 0.750. The maximum absolute atomic E-state index is 11.9. The minimum Gasteiger partial charge on any atom is -0.354 e. The van der Waals surface area contributed by atoms with Crippen LogP contribution in [0.3, 0.4) is 0 Å². The van der Waals surface area contributed by atoms with Crippen molar-refractivity contribution in [2.75, 3.05) is 13.1 Å². The first kappa shape index (κ1) is 13.0. The zero-order valence-corrected chi connectivity index (χ0v) is 10.9. The van der Waals surface area contributed by atoms with Crippen molar-refractivity contribution >= 4 is 5.91 Å². The molecule has 6 nitrogen and oxygen atoms in total. The molecule has 1 aromatic rings. The number of amides is 1. The van der Waals surface area contributed by atoms with Crippen LogP contribution in [0.15, 0.2) is 6.33 Å². The first-order valence-electron chi connectivity index (χ1n) is 6.61. The van der Waals surface area contributed by atoms with Crippen LogP contribution in [0.2, 0.25) is 0 Å². The van der Waals surface area contributed by atoms with Gasteiger partial charge in [0.15, 0.2) is 5.82 Å². The molecular formula is C12H21N5O. The summed E-state index contributed by atoms with van der Waals surface area (Å²) in [6, 6.07) is -0.0239. The van der Waals surface area contributed by atoms with E-state index in [2.05, 4.69) is 20.7 Å². The van der Waals surface area contributed by atoms with E-state index in [0.29, 0.717) is 13.0 Å². The van der Waals surface area contributed by atoms with E-state index < -0.39 is 0 Å². The molecule has 0 spiro atoms. The number of hydrogen-bond acceptors (Lipinski definition) is 4. The molecule has 18 heavy (non-hydrogen) atoms. The fourth-order valence-electron chi connectivity index (χ4n) is 2.17. The van der Waals surface area contributed by atoms with Crippen LogP contribution in [0.5, 0.6) is 0 Å². The molecule has 1 fully saturated rings. The smallest absolute Gasteiger partial charge is 0.237 e. The Kier molecular flexibility index (Phi) is 4.69. The van der Waals surface area contributed by atoms with E-state index in [0.717, 1.165) is 25.2 Å². The Balaban J connectivity index is 1.70. The third-order valence-electron chi connectivity index (χ3n) is 3.17. The lowest BCUT2D eigenvalue weighted by molar-refractivity contribution is -0.123. The second-order valence-electron chi connectivity index (χ2n) is 4.73. The molecule has 2 heterocycles. The van der Waals surface area contributed by atoms with Gasteiger partial charge in [0.1, 0.15) is 6.33 Å². The molecule has 2 rings (SSSR count). The second kappa shape index (κ2) is 6.49. The fourth-order valence-corrected chi connectivity index (χ4v) is 2.17. The van der Waals surface area contributed by atoms with Gasteiger partial charge in [0.2, 0.25) is 5.91 Å². The molecule has 6 heteroatoms. The first-order valence-corrected chi connectivity index (χ1v) is 6.61. The van der Waals surface area contributed by atoms with Gasteiger partial charge in [0, 0.05) is 20.0 Å². The van der Waals surface area contributed by atoms with E-state index in [9.17, 15) is 4.79 Å². The predicted octanol–water partition coefficient (Wildman–Crippen LogP) is 0.00600. The maximum atomic E-state index is 11.9. The zero-order chi connectivity index (χ0) is 12.8. The lowest BCUT2D eigenvalue weighted by Crippen LogP contribution is -2.44. The largest absolute Gasteiger partial charge is 0.354 e. The Labute approximate surface area is 107 Å². The van der Waals surface area contributed by atoms with Gasteiger partial charge in [-0.05, 0) is 19.4 Å². The number of aromatic nitrogens is 3. The van der Waals surface area contributed by atoms with E-state index in [1.54, 1.807) is 11.0 Å². The number of nitrogens with one attached hydrogen (secondary N) is 2. The van der Waals surface area contributed by atoms with Crippen LogP contribution in [-0.2, 0) is 18.3 Å². The van der Waals surface area contributed by atoms with E-state index in [-0.39, 0.29) is 11.9 Å². The van der Waals surface area contributed by atoms with Crippen LogP contribution in [-0.4, -0.2) is 39.8 Å². The first-order chi connectivity index (χ1) is 8.75. The summed E-state index contributed by atoms with van der Waals surface area (Å²) in [5, 5.41) is 10.4. The van der Waals surface area contributed by atoms with Gasteiger partial charge in [-0.25, -0.2) is 4.98 Å². The summed E-state index contributed by atoms with van der Waals surface area (Å²) in [7, 11) is 1.84. The van der Waals surface area contributed by atoms with E-state index in [1.165, 1.54) is 12.8 Å². The van der Waals surface area contributed by atoms with Gasteiger partial charge >= 0.3 is 0 Å². The summed E-state index contributed by atoms with van der Waals surface area (Å²) in [4.78, 5) is 16.1. The quantitative estimate of drug-likeness (QED) is 0.790. The van der Waals surface area contributed by atoms with Crippen LogP contribution < -0.4 is 10.6 Å². The van der Waals surface area contributed by atoms with Crippen molar-refractivity contribution in [2.24, 2.45) is 7.05 Å². The van der Waals surface area contributed by atoms with Crippen molar-refractivity contribution in [3.63, 3.8) is 0 Å². The average molecular weight is 251 g/mol. The van der Waals surface area contributed by atoms with Crippen LogP contribution in [0, 0.1) is 0 Å². The Morgan fingerprint density at radius 1 is 1.56 bits per heavy atom. The molecular weight excluding hydrogens is 230 g/mol. The molecule has 2 N–H and O–H groups in total. The number of nitrogens with zero attached hydrogens (tertiary/aromatic N) is 3. The van der Waals surface area contributed by atoms with Crippen molar-refractivity contribution in [1.29, 1.82) is 0 Å². The Morgan fingerprint density at radius 3 is 3.22 bits per heavy atom. The molecule has 1 saturated heterocycles. The molecule has 0 radical (unpaired) electrons. The molecule has 1 atom stereocenters. The topological polar surface area (TPSA) is 71.8 Å². The van der Waals surface area contributed by atoms with E-state index >= 15 is 0 Å². The van der Waals surface area contributed by atoms with Crippen LogP contribution >= 0.6 is 0 Å². The van der Waals surface area contributed by atoms with Crippen molar-refractivity contribution in [2.45, 2.75) is 38.1 Å². The van der Waals surface area contributed by atoms with Gasteiger partial charge in [0.05, 0.1) is 6.04 Å². The standard InChI is InChI=1S/C12H21N5O/c1-17-9-15-11(16-17)6-8-14-12(18)10-5-3-2-4-7-13-10/h9-10,13H,2-8H2,1H3,(H,14,18). The van der Waals surface area contributed by atoms with E-state index in [4.69, 9.17) is 0 Å². The minimum atomic E-state index is -0.0239. The van der Waals surface area contributed by atoms with Crippen molar-refractivity contribution < 1.29 is 4.79 Å². The molecule has 0 aromatic carbocycles. The lowest BCUT2D eigenvalue weighted by Gasteiger charge is -2.15. The Morgan fingerprint density at radius 2 is 2.44 bits per heavy atom. The predicted molar refractivity (Wildman–Crippen MR) is 68.0 cm³/mol. The third kappa shape index (κ3) is 3.80. The SMILES string of the molecule is Cn1cnc(CCNC(=O)C2CCCCCN2)n1. The van der Waals surface area contributed by atoms with Gasteiger partial charge in [0.25, 0.3) is 0 Å². The summed E-state index contributed by atoms with van der Waals surface area (Å²) in [6.45, 7) is 1.54. The normalized spacial score (nSPS) is 20.4. The molecule has 0 aliphatic carbocycles. The van der Waals surface area contributed by atoms with E-state index in [1.807, 2.05) is 7.05 Å². The highest BCUT2D eigenvalue weighted by Gasteiger charge is 2.18. The molecule has 1 aromatic heterocycles. The summed E-state index contributed by atoms with van der Waals surface area (Å²) in [5.41, 5.74) is 0. The zero-order valence-electron chi connectivity index (χ0n) is 10.9. The molecule has 0 bridgehead atoms. The van der Waals surface area contributed by atoms with Gasteiger partial charge in [-0.3, -0.25) is 9.48 Å².